The molecule has 17 heavy (non-hydrogen) atoms. The second-order valence-electron chi connectivity index (χ2n) is 6.46. The van der Waals surface area contributed by atoms with Crippen LogP contribution in [0.25, 0.3) is 0 Å². The van der Waals surface area contributed by atoms with Crippen LogP contribution in [-0.4, -0.2) is 37.0 Å². The Bertz CT molecular complexity index is 316. The number of nitrogens with one attached hydrogen (secondary N) is 1. The van der Waals surface area contributed by atoms with Gasteiger partial charge in [0.1, 0.15) is 5.60 Å². The van der Waals surface area contributed by atoms with Crippen LogP contribution < -0.4 is 11.1 Å². The van der Waals surface area contributed by atoms with Crippen molar-refractivity contribution in [2.24, 2.45) is 11.1 Å². The molecule has 0 aromatic carbocycles. The molecule has 3 N–H and O–H groups in total. The number of ether oxygens (including phenoxy) is 2. The summed E-state index contributed by atoms with van der Waals surface area (Å²) >= 11 is 0. The monoisotopic (exact) mass is 242 g/mol. The van der Waals surface area contributed by atoms with E-state index in [-0.39, 0.29) is 17.0 Å². The highest BCUT2D eigenvalue weighted by molar-refractivity contribution is 5.69. The van der Waals surface area contributed by atoms with Gasteiger partial charge in [-0.15, -0.1) is 0 Å². The van der Waals surface area contributed by atoms with Crippen LogP contribution in [0.1, 0.15) is 33.6 Å². The number of alkyl carbamates (subject to hydrolysis) is 1. The normalized spacial score (nSPS) is 36.0. The number of amides is 1. The van der Waals surface area contributed by atoms with Crippen LogP contribution in [0.15, 0.2) is 0 Å². The fraction of sp³-hybridized carbons (Fsp3) is 0.917. The summed E-state index contributed by atoms with van der Waals surface area (Å²) < 4.78 is 10.8. The minimum Gasteiger partial charge on any atom is -0.444 e. The van der Waals surface area contributed by atoms with E-state index in [1.165, 1.54) is 0 Å². The lowest BCUT2D eigenvalue weighted by atomic mass is 9.56. The van der Waals surface area contributed by atoms with E-state index < -0.39 is 5.60 Å². The molecule has 0 radical (unpaired) electrons. The third-order valence-corrected chi connectivity index (χ3v) is 3.41. The van der Waals surface area contributed by atoms with Crippen molar-refractivity contribution in [2.75, 3.05) is 19.8 Å². The minimum atomic E-state index is -0.467. The van der Waals surface area contributed by atoms with Gasteiger partial charge in [0.15, 0.2) is 0 Å². The zero-order chi connectivity index (χ0) is 12.7. The molecule has 0 atom stereocenters. The van der Waals surface area contributed by atoms with Gasteiger partial charge in [0.25, 0.3) is 0 Å². The number of hydrogen-bond acceptors (Lipinski definition) is 4. The summed E-state index contributed by atoms with van der Waals surface area (Å²) in [6, 6.07) is 0. The average molecular weight is 242 g/mol. The van der Waals surface area contributed by atoms with Gasteiger partial charge in [-0.25, -0.2) is 4.79 Å². The first kappa shape index (κ1) is 12.6. The molecule has 2 heterocycles. The lowest BCUT2D eigenvalue weighted by molar-refractivity contribution is -0.153. The van der Waals surface area contributed by atoms with Crippen LogP contribution in [0, 0.1) is 5.41 Å². The zero-order valence-electron chi connectivity index (χ0n) is 10.8. The summed E-state index contributed by atoms with van der Waals surface area (Å²) in [6.07, 6.45) is 1.43. The second kappa shape index (κ2) is 3.85. The van der Waals surface area contributed by atoms with E-state index in [9.17, 15) is 4.79 Å². The van der Waals surface area contributed by atoms with Gasteiger partial charge >= 0.3 is 6.09 Å². The van der Waals surface area contributed by atoms with Crippen LogP contribution in [0.3, 0.4) is 0 Å². The van der Waals surface area contributed by atoms with Crippen molar-refractivity contribution < 1.29 is 14.3 Å². The average Bonchev–Trinajstić information content (AvgIpc) is 2.13. The molecule has 5 nitrogen and oxygen atoms in total. The van der Waals surface area contributed by atoms with E-state index in [1.54, 1.807) is 0 Å². The largest absolute Gasteiger partial charge is 0.444 e. The molecule has 3 fully saturated rings. The predicted molar refractivity (Wildman–Crippen MR) is 63.6 cm³/mol. The van der Waals surface area contributed by atoms with E-state index in [0.29, 0.717) is 19.8 Å². The third kappa shape index (κ3) is 2.55. The van der Waals surface area contributed by atoms with E-state index in [2.05, 4.69) is 5.32 Å². The molecular formula is C12H22N2O3. The Kier molecular flexibility index (Phi) is 2.86. The van der Waals surface area contributed by atoms with Crippen LogP contribution in [0.5, 0.6) is 0 Å². The van der Waals surface area contributed by atoms with Crippen LogP contribution in [-0.2, 0) is 9.47 Å². The summed E-state index contributed by atoms with van der Waals surface area (Å²) in [7, 11) is 0. The molecule has 1 amide bonds. The van der Waals surface area contributed by atoms with Crippen LogP contribution in [0.4, 0.5) is 4.79 Å². The summed E-state index contributed by atoms with van der Waals surface area (Å²) in [6.45, 7) is 7.45. The van der Waals surface area contributed by atoms with Gasteiger partial charge in [0, 0.05) is 12.0 Å². The molecule has 2 aliphatic heterocycles. The van der Waals surface area contributed by atoms with Crippen LogP contribution >= 0.6 is 0 Å². The molecule has 0 spiro atoms. The Morgan fingerprint density at radius 3 is 2.59 bits per heavy atom. The third-order valence-electron chi connectivity index (χ3n) is 3.41. The fourth-order valence-electron chi connectivity index (χ4n) is 2.90. The quantitative estimate of drug-likeness (QED) is 0.758. The lowest BCUT2D eigenvalue weighted by Gasteiger charge is -2.59. The first-order valence-corrected chi connectivity index (χ1v) is 6.07. The Labute approximate surface area is 102 Å². The maximum atomic E-state index is 11.7. The lowest BCUT2D eigenvalue weighted by Crippen LogP contribution is -2.71. The van der Waals surface area contributed by atoms with E-state index in [1.807, 2.05) is 20.8 Å². The summed E-state index contributed by atoms with van der Waals surface area (Å²) in [5.74, 6) is 0. The molecule has 5 heteroatoms. The maximum absolute atomic E-state index is 11.7. The molecule has 3 aliphatic rings. The number of rotatable bonds is 2. The van der Waals surface area contributed by atoms with E-state index >= 15 is 0 Å². The molecule has 0 aromatic rings. The molecule has 98 valence electrons. The van der Waals surface area contributed by atoms with E-state index in [0.717, 1.165) is 12.8 Å². The molecule has 3 rings (SSSR count). The topological polar surface area (TPSA) is 73.6 Å². The Morgan fingerprint density at radius 2 is 2.06 bits per heavy atom. The van der Waals surface area contributed by atoms with Gasteiger partial charge < -0.3 is 20.5 Å². The molecule has 2 bridgehead atoms. The molecular weight excluding hydrogens is 220 g/mol. The molecule has 1 aliphatic carbocycles. The standard InChI is InChI=1S/C12H22N2O3/c1-10(2,3)17-9(15)14-12-4-11(5-12,6-13)7-16-8-12/h4-8,13H2,1-3H3,(H,14,15). The Morgan fingerprint density at radius 1 is 1.41 bits per heavy atom. The van der Waals surface area contributed by atoms with Crippen molar-refractivity contribution in [1.29, 1.82) is 0 Å². The van der Waals surface area contributed by atoms with Crippen LogP contribution in [0.2, 0.25) is 0 Å². The summed E-state index contributed by atoms with van der Waals surface area (Å²) in [5, 5.41) is 2.94. The highest BCUT2D eigenvalue weighted by atomic mass is 16.6. The number of carbonyl (C=O) groups is 1. The highest BCUT2D eigenvalue weighted by Crippen LogP contribution is 2.51. The van der Waals surface area contributed by atoms with Crippen molar-refractivity contribution >= 4 is 6.09 Å². The molecule has 2 saturated heterocycles. The van der Waals surface area contributed by atoms with Crippen molar-refractivity contribution in [3.8, 4) is 0 Å². The molecule has 0 unspecified atom stereocenters. The number of fused-ring (bicyclic) bond motifs is 2. The Hall–Kier alpha value is -0.810. The van der Waals surface area contributed by atoms with Gasteiger partial charge in [-0.1, -0.05) is 0 Å². The number of carbonyl (C=O) groups excluding carboxylic acids is 1. The van der Waals surface area contributed by atoms with Crippen molar-refractivity contribution in [3.05, 3.63) is 0 Å². The SMILES string of the molecule is CC(C)(C)OC(=O)NC12COCC(CN)(C1)C2. The first-order valence-electron chi connectivity index (χ1n) is 6.07. The van der Waals surface area contributed by atoms with Gasteiger partial charge in [-0.3, -0.25) is 0 Å². The summed E-state index contributed by atoms with van der Waals surface area (Å²) in [5.41, 5.74) is 5.10. The van der Waals surface area contributed by atoms with Gasteiger partial charge in [-0.05, 0) is 33.6 Å². The Balaban J connectivity index is 1.90. The molecule has 0 aromatic heterocycles. The van der Waals surface area contributed by atoms with Crippen molar-refractivity contribution in [3.63, 3.8) is 0 Å². The second-order valence-corrected chi connectivity index (χ2v) is 6.46. The van der Waals surface area contributed by atoms with Gasteiger partial charge in [0.2, 0.25) is 0 Å². The summed E-state index contributed by atoms with van der Waals surface area (Å²) in [4.78, 5) is 11.7. The zero-order valence-corrected chi connectivity index (χ0v) is 10.8. The number of hydrogen-bond donors (Lipinski definition) is 2. The van der Waals surface area contributed by atoms with Gasteiger partial charge in [-0.2, -0.15) is 0 Å². The minimum absolute atomic E-state index is 0.0766. The highest BCUT2D eigenvalue weighted by Gasteiger charge is 2.58. The fourth-order valence-corrected chi connectivity index (χ4v) is 2.90. The smallest absolute Gasteiger partial charge is 0.408 e. The predicted octanol–water partition coefficient (Wildman–Crippen LogP) is 1.02. The first-order chi connectivity index (χ1) is 7.78. The van der Waals surface area contributed by atoms with E-state index in [4.69, 9.17) is 15.2 Å². The van der Waals surface area contributed by atoms with Crippen molar-refractivity contribution in [1.82, 2.24) is 5.32 Å². The maximum Gasteiger partial charge on any atom is 0.408 e. The van der Waals surface area contributed by atoms with Gasteiger partial charge in [0.05, 0.1) is 18.8 Å². The number of nitrogens with two attached hydrogens (primary N) is 1. The molecule has 1 saturated carbocycles. The van der Waals surface area contributed by atoms with Crippen molar-refractivity contribution in [2.45, 2.75) is 44.8 Å².